The van der Waals surface area contributed by atoms with Crippen molar-refractivity contribution in [3.05, 3.63) is 119 Å². The van der Waals surface area contributed by atoms with Crippen LogP contribution in [0.5, 0.6) is 11.5 Å². The summed E-state index contributed by atoms with van der Waals surface area (Å²) in [6.07, 6.45) is 8.81. The standard InChI is InChI=1S/C24H30N2O6.C19H20N2O4/c1-29-22-13-17(8-10-23(27)30-2)7-9-21(22)31-11-5-3-4-6-12-32-24(28)18-14-19(25)16-20(26)15-18;1-13(25-19(23)15-9-16(20)11-17(21)10-15)12-24-18(22)8-7-14-5-3-2-4-6-14/h7-10,13-16H,3-6,11-12,25-26H2,1-2H3;2-11,13H,12,20-21H2,1H3/b10-8+;8-7+. The molecular formula is C43H50N4O10. The molecule has 0 heterocycles. The largest absolute Gasteiger partial charge is 0.493 e. The second-order valence-corrected chi connectivity index (χ2v) is 12.5. The third-order valence-electron chi connectivity index (χ3n) is 7.74. The molecule has 0 aliphatic rings. The number of benzene rings is 4. The van der Waals surface area contributed by atoms with E-state index in [1.165, 1.54) is 31.4 Å². The van der Waals surface area contributed by atoms with Crippen LogP contribution in [-0.2, 0) is 28.5 Å². The van der Waals surface area contributed by atoms with Crippen molar-refractivity contribution < 1.29 is 47.6 Å². The third-order valence-corrected chi connectivity index (χ3v) is 7.74. The molecule has 8 N–H and O–H groups in total. The molecule has 1 atom stereocenters. The lowest BCUT2D eigenvalue weighted by Crippen LogP contribution is -2.22. The van der Waals surface area contributed by atoms with Crippen LogP contribution in [0.2, 0.25) is 0 Å². The Bertz CT molecular complexity index is 1960. The number of hydrogen-bond donors (Lipinski definition) is 4. The summed E-state index contributed by atoms with van der Waals surface area (Å²) >= 11 is 0. The van der Waals surface area contributed by atoms with Crippen molar-refractivity contribution in [1.29, 1.82) is 0 Å². The maximum absolute atomic E-state index is 12.0. The van der Waals surface area contributed by atoms with Crippen molar-refractivity contribution in [1.82, 2.24) is 0 Å². The van der Waals surface area contributed by atoms with Gasteiger partial charge in [-0.1, -0.05) is 36.4 Å². The summed E-state index contributed by atoms with van der Waals surface area (Å²) in [5, 5.41) is 0. The van der Waals surface area contributed by atoms with E-state index in [4.69, 9.17) is 46.6 Å². The quantitative estimate of drug-likeness (QED) is 0.0278. The maximum Gasteiger partial charge on any atom is 0.338 e. The molecule has 4 aromatic rings. The van der Waals surface area contributed by atoms with Crippen molar-refractivity contribution >= 4 is 58.8 Å². The van der Waals surface area contributed by atoms with Crippen LogP contribution in [0.15, 0.2) is 97.1 Å². The number of esters is 4. The molecule has 0 aromatic heterocycles. The van der Waals surface area contributed by atoms with E-state index in [1.807, 2.05) is 36.4 Å². The Balaban J connectivity index is 0.000000315. The summed E-state index contributed by atoms with van der Waals surface area (Å²) in [7, 11) is 2.89. The van der Waals surface area contributed by atoms with Crippen LogP contribution in [0, 0.1) is 0 Å². The van der Waals surface area contributed by atoms with E-state index in [0.29, 0.717) is 53.0 Å². The molecule has 0 amide bonds. The molecule has 0 saturated carbocycles. The smallest absolute Gasteiger partial charge is 0.338 e. The van der Waals surface area contributed by atoms with Gasteiger partial charge in [-0.15, -0.1) is 0 Å². The molecule has 4 aromatic carbocycles. The summed E-state index contributed by atoms with van der Waals surface area (Å²) in [6, 6.07) is 24.0. The highest BCUT2D eigenvalue weighted by Crippen LogP contribution is 2.29. The van der Waals surface area contributed by atoms with Gasteiger partial charge in [0, 0.05) is 34.9 Å². The van der Waals surface area contributed by atoms with Crippen molar-refractivity contribution in [3.8, 4) is 11.5 Å². The fourth-order valence-electron chi connectivity index (χ4n) is 4.98. The van der Waals surface area contributed by atoms with Crippen LogP contribution in [0.3, 0.4) is 0 Å². The van der Waals surface area contributed by atoms with Gasteiger partial charge < -0.3 is 51.4 Å². The van der Waals surface area contributed by atoms with Gasteiger partial charge in [-0.3, -0.25) is 0 Å². The average Bonchev–Trinajstić information content (AvgIpc) is 3.19. The molecule has 0 saturated heterocycles. The number of carbonyl (C=O) groups is 4. The normalized spacial score (nSPS) is 11.2. The van der Waals surface area contributed by atoms with Crippen molar-refractivity contribution in [2.45, 2.75) is 38.7 Å². The molecule has 0 spiro atoms. The number of rotatable bonds is 18. The van der Waals surface area contributed by atoms with Gasteiger partial charge >= 0.3 is 23.9 Å². The van der Waals surface area contributed by atoms with E-state index in [-0.39, 0.29) is 12.2 Å². The molecular weight excluding hydrogens is 732 g/mol. The molecule has 0 aliphatic carbocycles. The van der Waals surface area contributed by atoms with E-state index in [9.17, 15) is 19.2 Å². The molecule has 0 fully saturated rings. The molecule has 14 heteroatoms. The van der Waals surface area contributed by atoms with E-state index >= 15 is 0 Å². The Hall–Kier alpha value is -6.96. The summed E-state index contributed by atoms with van der Waals surface area (Å²) in [6.45, 7) is 2.45. The number of unbranched alkanes of at least 4 members (excludes halogenated alkanes) is 3. The Kier molecular flexibility index (Phi) is 18.5. The zero-order valence-electron chi connectivity index (χ0n) is 32.3. The van der Waals surface area contributed by atoms with Crippen LogP contribution in [-0.4, -0.2) is 64.0 Å². The maximum atomic E-state index is 12.0. The number of nitrogens with two attached hydrogens (primary N) is 4. The second kappa shape index (κ2) is 23.7. The Morgan fingerprint density at radius 2 is 1.16 bits per heavy atom. The van der Waals surface area contributed by atoms with Gasteiger partial charge in [-0.2, -0.15) is 0 Å². The monoisotopic (exact) mass is 782 g/mol. The molecule has 57 heavy (non-hydrogen) atoms. The number of carbonyl (C=O) groups excluding carboxylic acids is 4. The van der Waals surface area contributed by atoms with Crippen molar-refractivity contribution in [2.24, 2.45) is 0 Å². The lowest BCUT2D eigenvalue weighted by Gasteiger charge is -2.13. The minimum Gasteiger partial charge on any atom is -0.493 e. The van der Waals surface area contributed by atoms with Crippen LogP contribution in [0.1, 0.15) is 64.4 Å². The fraction of sp³-hybridized carbons (Fsp3) is 0.256. The topological polar surface area (TPSA) is 228 Å². The van der Waals surface area contributed by atoms with Crippen LogP contribution in [0.25, 0.3) is 12.2 Å². The minimum absolute atomic E-state index is 0.0541. The van der Waals surface area contributed by atoms with Gasteiger partial charge in [0.1, 0.15) is 12.7 Å². The predicted molar refractivity (Wildman–Crippen MR) is 220 cm³/mol. The van der Waals surface area contributed by atoms with E-state index in [2.05, 4.69) is 4.74 Å². The number of methoxy groups -OCH3 is 2. The molecule has 0 radical (unpaired) electrons. The Morgan fingerprint density at radius 3 is 1.75 bits per heavy atom. The van der Waals surface area contributed by atoms with Gasteiger partial charge in [-0.25, -0.2) is 19.2 Å². The third kappa shape index (κ3) is 16.9. The molecule has 1 unspecified atom stereocenters. The Labute approximate surface area is 332 Å². The van der Waals surface area contributed by atoms with E-state index in [1.54, 1.807) is 62.6 Å². The summed E-state index contributed by atoms with van der Waals surface area (Å²) in [5.41, 5.74) is 26.6. The summed E-state index contributed by atoms with van der Waals surface area (Å²) in [5.74, 6) is -0.718. The first-order chi connectivity index (χ1) is 27.4. The number of anilines is 4. The highest BCUT2D eigenvalue weighted by atomic mass is 16.6. The second-order valence-electron chi connectivity index (χ2n) is 12.5. The molecule has 14 nitrogen and oxygen atoms in total. The van der Waals surface area contributed by atoms with Crippen molar-refractivity contribution in [3.63, 3.8) is 0 Å². The van der Waals surface area contributed by atoms with E-state index < -0.39 is 30.0 Å². The zero-order valence-corrected chi connectivity index (χ0v) is 32.3. The molecule has 0 bridgehead atoms. The first kappa shape index (κ1) is 44.4. The molecule has 0 aliphatic heterocycles. The van der Waals surface area contributed by atoms with Crippen LogP contribution < -0.4 is 32.4 Å². The SMILES string of the molecule is CC(COC(=O)/C=C/c1ccccc1)OC(=O)c1cc(N)cc(N)c1.COC(=O)/C=C/c1ccc(OCCCCCCOC(=O)c2cc(N)cc(N)c2)c(OC)c1. The zero-order chi connectivity index (χ0) is 41.6. The molecule has 4 rings (SSSR count). The lowest BCUT2D eigenvalue weighted by molar-refractivity contribution is -0.140. The predicted octanol–water partition coefficient (Wildman–Crippen LogP) is 6.49. The lowest BCUT2D eigenvalue weighted by atomic mass is 10.1. The van der Waals surface area contributed by atoms with Crippen LogP contribution >= 0.6 is 0 Å². The number of ether oxygens (including phenoxy) is 6. The van der Waals surface area contributed by atoms with Gasteiger partial charge in [0.25, 0.3) is 0 Å². The number of hydrogen-bond acceptors (Lipinski definition) is 14. The minimum atomic E-state index is -0.607. The van der Waals surface area contributed by atoms with Crippen LogP contribution in [0.4, 0.5) is 22.7 Å². The highest BCUT2D eigenvalue weighted by Gasteiger charge is 2.15. The average molecular weight is 783 g/mol. The Morgan fingerprint density at radius 1 is 0.596 bits per heavy atom. The first-order valence-electron chi connectivity index (χ1n) is 18.0. The van der Waals surface area contributed by atoms with Crippen molar-refractivity contribution in [2.75, 3.05) is 57.0 Å². The van der Waals surface area contributed by atoms with Gasteiger partial charge in [-0.05, 0) is 104 Å². The highest BCUT2D eigenvalue weighted by molar-refractivity contribution is 5.92. The van der Waals surface area contributed by atoms with Gasteiger partial charge in [0.15, 0.2) is 11.5 Å². The van der Waals surface area contributed by atoms with E-state index in [0.717, 1.165) is 36.8 Å². The summed E-state index contributed by atoms with van der Waals surface area (Å²) in [4.78, 5) is 46.9. The van der Waals surface area contributed by atoms with Gasteiger partial charge in [0.2, 0.25) is 0 Å². The molecule has 302 valence electrons. The number of nitrogen functional groups attached to an aromatic ring is 4. The fourth-order valence-corrected chi connectivity index (χ4v) is 4.98. The first-order valence-corrected chi connectivity index (χ1v) is 18.0. The van der Waals surface area contributed by atoms with Gasteiger partial charge in [0.05, 0.1) is 38.6 Å². The summed E-state index contributed by atoms with van der Waals surface area (Å²) < 4.78 is 31.3.